The Morgan fingerprint density at radius 2 is 2.00 bits per heavy atom. The van der Waals surface area contributed by atoms with Gasteiger partial charge in [-0.3, -0.25) is 0 Å². The van der Waals surface area contributed by atoms with Crippen molar-refractivity contribution >= 4 is 27.2 Å². The molecule has 1 aliphatic carbocycles. The van der Waals surface area contributed by atoms with Gasteiger partial charge >= 0.3 is 0 Å². The molecule has 1 aliphatic rings. The second kappa shape index (κ2) is 5.56. The van der Waals surface area contributed by atoms with Gasteiger partial charge in [-0.2, -0.15) is 0 Å². The van der Waals surface area contributed by atoms with Crippen LogP contribution < -0.4 is 10.5 Å². The Hall–Kier alpha value is -0.980. The third kappa shape index (κ3) is 3.99. The fraction of sp³-hybridized carbons (Fsp3) is 0.462. The molecule has 0 saturated heterocycles. The van der Waals surface area contributed by atoms with Crippen molar-refractivity contribution < 1.29 is 8.42 Å². The second-order valence-corrected chi connectivity index (χ2v) is 7.27. The average molecular weight is 298 g/mol. The molecule has 3 N–H and O–H groups in total. The van der Waals surface area contributed by atoms with Crippen molar-refractivity contribution in [1.29, 1.82) is 0 Å². The lowest BCUT2D eigenvalue weighted by molar-refractivity contribution is 0.538. The van der Waals surface area contributed by atoms with Crippen molar-refractivity contribution in [3.8, 4) is 0 Å². The number of hydrogen-bond acceptors (Lipinski definition) is 3. The van der Waals surface area contributed by atoms with Gasteiger partial charge < -0.3 is 5.73 Å². The summed E-state index contributed by atoms with van der Waals surface area (Å²) in [4.78, 5) is 0.683. The summed E-state index contributed by atoms with van der Waals surface area (Å²) < 4.78 is 27.0. The highest BCUT2D eigenvalue weighted by Gasteiger charge is 2.31. The normalized spacial score (nSPS) is 17.1. The lowest BCUT2D eigenvalue weighted by Gasteiger charge is -2.13. The molecule has 1 unspecified atom stereocenters. The Morgan fingerprint density at radius 3 is 2.47 bits per heavy atom. The molecule has 0 heterocycles. The molecule has 6 heteroatoms. The summed E-state index contributed by atoms with van der Waals surface area (Å²) in [5.74, 6) is 0.490. The maximum Gasteiger partial charge on any atom is 0.240 e. The lowest BCUT2D eigenvalue weighted by Crippen LogP contribution is -2.34. The molecule has 1 saturated carbocycles. The molecular formula is C13H18N2O2S2. The molecule has 2 rings (SSSR count). The standard InChI is InChI=1S/C13H18N2O2S2/c1-9(11-4-5-11)15-19(16,17)12-6-2-10(3-7-12)8-13(14)18/h2-3,6-7,9,11,15H,4-5,8H2,1H3,(H2,14,18). The summed E-state index contributed by atoms with van der Waals surface area (Å²) in [6.45, 7) is 1.91. The maximum atomic E-state index is 12.1. The molecule has 0 radical (unpaired) electrons. The van der Waals surface area contributed by atoms with Gasteiger partial charge in [0.25, 0.3) is 0 Å². The monoisotopic (exact) mass is 298 g/mol. The summed E-state index contributed by atoms with van der Waals surface area (Å²) in [7, 11) is -3.42. The summed E-state index contributed by atoms with van der Waals surface area (Å²) in [5, 5.41) is 0. The Bertz CT molecular complexity index is 563. The SMILES string of the molecule is CC(NS(=O)(=O)c1ccc(CC(N)=S)cc1)C1CC1. The van der Waals surface area contributed by atoms with E-state index in [2.05, 4.69) is 4.72 Å². The Morgan fingerprint density at radius 1 is 1.42 bits per heavy atom. The van der Waals surface area contributed by atoms with Gasteiger partial charge in [-0.25, -0.2) is 13.1 Å². The minimum atomic E-state index is -3.42. The number of nitrogens with two attached hydrogens (primary N) is 1. The van der Waals surface area contributed by atoms with Gasteiger partial charge in [-0.15, -0.1) is 0 Å². The predicted molar refractivity (Wildman–Crippen MR) is 79.4 cm³/mol. The van der Waals surface area contributed by atoms with Crippen LogP contribution in [0.25, 0.3) is 0 Å². The summed E-state index contributed by atoms with van der Waals surface area (Å²) in [6.07, 6.45) is 2.70. The van der Waals surface area contributed by atoms with E-state index in [0.29, 0.717) is 17.3 Å². The van der Waals surface area contributed by atoms with E-state index in [1.54, 1.807) is 24.3 Å². The third-order valence-corrected chi connectivity index (χ3v) is 5.00. The zero-order valence-electron chi connectivity index (χ0n) is 10.8. The van der Waals surface area contributed by atoms with Gasteiger partial charge in [-0.05, 0) is 43.4 Å². The highest BCUT2D eigenvalue weighted by atomic mass is 32.2. The molecule has 0 bridgehead atoms. The zero-order chi connectivity index (χ0) is 14.0. The molecule has 0 aromatic heterocycles. The highest BCUT2D eigenvalue weighted by Crippen LogP contribution is 2.33. The van der Waals surface area contributed by atoms with E-state index in [9.17, 15) is 8.42 Å². The molecule has 0 aliphatic heterocycles. The molecule has 1 aromatic carbocycles. The van der Waals surface area contributed by atoms with E-state index in [-0.39, 0.29) is 10.9 Å². The maximum absolute atomic E-state index is 12.1. The van der Waals surface area contributed by atoms with Crippen molar-refractivity contribution in [3.63, 3.8) is 0 Å². The van der Waals surface area contributed by atoms with Crippen LogP contribution in [-0.4, -0.2) is 19.4 Å². The van der Waals surface area contributed by atoms with Crippen LogP contribution in [0.5, 0.6) is 0 Å². The smallest absolute Gasteiger partial charge is 0.240 e. The molecule has 1 fully saturated rings. The van der Waals surface area contributed by atoms with Crippen molar-refractivity contribution in [2.75, 3.05) is 0 Å². The van der Waals surface area contributed by atoms with Crippen LogP contribution in [-0.2, 0) is 16.4 Å². The van der Waals surface area contributed by atoms with Gasteiger partial charge in [0.1, 0.15) is 0 Å². The fourth-order valence-corrected chi connectivity index (χ4v) is 3.47. The fourth-order valence-electron chi connectivity index (χ4n) is 1.99. The highest BCUT2D eigenvalue weighted by molar-refractivity contribution is 7.89. The number of rotatable bonds is 6. The number of sulfonamides is 1. The van der Waals surface area contributed by atoms with Crippen LogP contribution in [0, 0.1) is 5.92 Å². The van der Waals surface area contributed by atoms with Crippen molar-refractivity contribution in [2.24, 2.45) is 11.7 Å². The first-order chi connectivity index (χ1) is 8.88. The van der Waals surface area contributed by atoms with E-state index >= 15 is 0 Å². The largest absolute Gasteiger partial charge is 0.393 e. The van der Waals surface area contributed by atoms with E-state index in [1.807, 2.05) is 6.92 Å². The Labute approximate surface area is 119 Å². The first-order valence-electron chi connectivity index (χ1n) is 6.28. The first kappa shape index (κ1) is 14.4. The number of hydrogen-bond donors (Lipinski definition) is 2. The minimum absolute atomic E-state index is 0.00120. The number of thiocarbonyl (C=S) groups is 1. The zero-order valence-corrected chi connectivity index (χ0v) is 12.4. The van der Waals surface area contributed by atoms with Crippen molar-refractivity contribution in [2.45, 2.75) is 37.1 Å². The number of nitrogens with one attached hydrogen (secondary N) is 1. The molecule has 1 atom stereocenters. The van der Waals surface area contributed by atoms with Crippen molar-refractivity contribution in [3.05, 3.63) is 29.8 Å². The first-order valence-corrected chi connectivity index (χ1v) is 8.17. The molecule has 0 spiro atoms. The molecular weight excluding hydrogens is 280 g/mol. The van der Waals surface area contributed by atoms with Crippen LogP contribution >= 0.6 is 12.2 Å². The van der Waals surface area contributed by atoms with E-state index in [0.717, 1.165) is 18.4 Å². The second-order valence-electron chi connectivity index (χ2n) is 5.03. The van der Waals surface area contributed by atoms with Crippen LogP contribution in [0.2, 0.25) is 0 Å². The van der Waals surface area contributed by atoms with Crippen LogP contribution in [0.3, 0.4) is 0 Å². The summed E-state index contributed by atoms with van der Waals surface area (Å²) in [5.41, 5.74) is 6.37. The summed E-state index contributed by atoms with van der Waals surface area (Å²) >= 11 is 4.82. The average Bonchev–Trinajstić information content (AvgIpc) is 3.11. The van der Waals surface area contributed by atoms with Crippen LogP contribution in [0.15, 0.2) is 29.2 Å². The van der Waals surface area contributed by atoms with E-state index < -0.39 is 10.0 Å². The van der Waals surface area contributed by atoms with E-state index in [4.69, 9.17) is 18.0 Å². The van der Waals surface area contributed by atoms with E-state index in [1.165, 1.54) is 0 Å². The lowest BCUT2D eigenvalue weighted by atomic mass is 10.1. The predicted octanol–water partition coefficient (Wildman–Crippen LogP) is 1.59. The molecule has 4 nitrogen and oxygen atoms in total. The minimum Gasteiger partial charge on any atom is -0.393 e. The van der Waals surface area contributed by atoms with Gasteiger partial charge in [0.15, 0.2) is 0 Å². The Balaban J connectivity index is 2.09. The topological polar surface area (TPSA) is 72.2 Å². The van der Waals surface area contributed by atoms with Gasteiger partial charge in [-0.1, -0.05) is 24.4 Å². The van der Waals surface area contributed by atoms with Crippen LogP contribution in [0.4, 0.5) is 0 Å². The number of benzene rings is 1. The third-order valence-electron chi connectivity index (χ3n) is 3.28. The molecule has 1 aromatic rings. The summed E-state index contributed by atoms with van der Waals surface area (Å²) in [6, 6.07) is 6.68. The van der Waals surface area contributed by atoms with Crippen molar-refractivity contribution in [1.82, 2.24) is 4.72 Å². The molecule has 19 heavy (non-hydrogen) atoms. The molecule has 104 valence electrons. The molecule has 0 amide bonds. The van der Waals surface area contributed by atoms with Gasteiger partial charge in [0.05, 0.1) is 9.88 Å². The Kier molecular flexibility index (Phi) is 4.23. The quantitative estimate of drug-likeness (QED) is 0.782. The van der Waals surface area contributed by atoms with Gasteiger partial charge in [0, 0.05) is 12.5 Å². The van der Waals surface area contributed by atoms with Gasteiger partial charge in [0.2, 0.25) is 10.0 Å². The van der Waals surface area contributed by atoms with Crippen LogP contribution in [0.1, 0.15) is 25.3 Å².